The van der Waals surface area contributed by atoms with Crippen LogP contribution in [-0.2, 0) is 16.0 Å². The second kappa shape index (κ2) is 4.65. The lowest BCUT2D eigenvalue weighted by Crippen LogP contribution is -2.11. The highest BCUT2D eigenvalue weighted by atomic mass is 32.2. The summed E-state index contributed by atoms with van der Waals surface area (Å²) < 4.78 is 5.06. The summed E-state index contributed by atoms with van der Waals surface area (Å²) in [4.78, 5) is 14.5. The molecule has 1 aromatic rings. The minimum absolute atomic E-state index is 0.0550. The second-order valence-corrected chi connectivity index (χ2v) is 5.14. The van der Waals surface area contributed by atoms with E-state index in [1.54, 1.807) is 0 Å². The van der Waals surface area contributed by atoms with Gasteiger partial charge in [0, 0.05) is 5.41 Å². The summed E-state index contributed by atoms with van der Waals surface area (Å²) in [5.74, 6) is 0.810. The first-order chi connectivity index (χ1) is 6.89. The molecule has 1 heterocycles. The van der Waals surface area contributed by atoms with Crippen molar-refractivity contribution in [3.8, 4) is 0 Å². The van der Waals surface area contributed by atoms with Crippen molar-refractivity contribution < 1.29 is 14.4 Å². The van der Waals surface area contributed by atoms with Gasteiger partial charge in [-0.15, -0.1) is 11.8 Å². The molecule has 84 valence electrons. The number of carboxylic acid groups (broad SMARTS) is 1. The maximum Gasteiger partial charge on any atom is 0.313 e. The molecule has 0 amide bonds. The third-order valence-corrected chi connectivity index (χ3v) is 2.48. The molecule has 0 aliphatic carbocycles. The number of hydrogen-bond donors (Lipinski definition) is 1. The van der Waals surface area contributed by atoms with Crippen molar-refractivity contribution in [3.63, 3.8) is 0 Å². The number of hydrogen-bond acceptors (Lipinski definition) is 5. The zero-order valence-electron chi connectivity index (χ0n) is 8.98. The fourth-order valence-corrected chi connectivity index (χ4v) is 1.42. The second-order valence-electron chi connectivity index (χ2n) is 4.15. The lowest BCUT2D eigenvalue weighted by atomic mass is 9.97. The van der Waals surface area contributed by atoms with Crippen molar-refractivity contribution in [1.29, 1.82) is 0 Å². The molecular formula is C9H14N2O3S. The van der Waals surface area contributed by atoms with Gasteiger partial charge in [-0.25, -0.2) is 0 Å². The van der Waals surface area contributed by atoms with Crippen LogP contribution in [0.25, 0.3) is 0 Å². The standard InChI is InChI=1S/C9H14N2O3S/c1-9(2,3)8-10-6(11-14-8)4-15-5-7(12)13/h4-5H2,1-3H3,(H,12,13). The van der Waals surface area contributed by atoms with E-state index in [9.17, 15) is 4.79 Å². The van der Waals surface area contributed by atoms with Crippen LogP contribution in [0.15, 0.2) is 4.52 Å². The Labute approximate surface area is 92.2 Å². The number of carboxylic acids is 1. The summed E-state index contributed by atoms with van der Waals surface area (Å²) in [5.41, 5.74) is -0.164. The predicted octanol–water partition coefficient (Wildman–Crippen LogP) is 1.68. The van der Waals surface area contributed by atoms with Gasteiger partial charge in [-0.2, -0.15) is 4.98 Å². The van der Waals surface area contributed by atoms with Crippen LogP contribution in [-0.4, -0.2) is 27.0 Å². The van der Waals surface area contributed by atoms with E-state index in [2.05, 4.69) is 10.1 Å². The smallest absolute Gasteiger partial charge is 0.313 e. The molecule has 15 heavy (non-hydrogen) atoms. The summed E-state index contributed by atoms with van der Waals surface area (Å²) in [5, 5.41) is 12.2. The summed E-state index contributed by atoms with van der Waals surface area (Å²) in [6.07, 6.45) is 0. The molecule has 1 aromatic heterocycles. The highest BCUT2D eigenvalue weighted by Crippen LogP contribution is 2.20. The Bertz CT molecular complexity index is 343. The van der Waals surface area contributed by atoms with Crippen molar-refractivity contribution in [1.82, 2.24) is 10.1 Å². The Morgan fingerprint density at radius 2 is 2.20 bits per heavy atom. The van der Waals surface area contributed by atoms with E-state index in [-0.39, 0.29) is 11.2 Å². The largest absolute Gasteiger partial charge is 0.481 e. The van der Waals surface area contributed by atoms with Gasteiger partial charge in [0.1, 0.15) is 0 Å². The molecule has 0 aliphatic heterocycles. The van der Waals surface area contributed by atoms with E-state index in [1.165, 1.54) is 11.8 Å². The number of aliphatic carboxylic acids is 1. The van der Waals surface area contributed by atoms with Crippen LogP contribution in [0.5, 0.6) is 0 Å². The number of nitrogens with zero attached hydrogens (tertiary/aromatic N) is 2. The Morgan fingerprint density at radius 3 is 2.67 bits per heavy atom. The van der Waals surface area contributed by atoms with Gasteiger partial charge < -0.3 is 9.63 Å². The molecule has 0 unspecified atom stereocenters. The van der Waals surface area contributed by atoms with Crippen LogP contribution in [0.1, 0.15) is 32.5 Å². The van der Waals surface area contributed by atoms with E-state index >= 15 is 0 Å². The molecule has 0 aliphatic rings. The van der Waals surface area contributed by atoms with Crippen molar-refractivity contribution in [3.05, 3.63) is 11.7 Å². The van der Waals surface area contributed by atoms with Gasteiger partial charge in [0.15, 0.2) is 5.82 Å². The molecule has 0 saturated heterocycles. The molecule has 0 radical (unpaired) electrons. The molecule has 5 nitrogen and oxygen atoms in total. The molecule has 6 heteroatoms. The number of rotatable bonds is 4. The SMILES string of the molecule is CC(C)(C)c1nc(CSCC(=O)O)no1. The zero-order valence-corrected chi connectivity index (χ0v) is 9.80. The maximum atomic E-state index is 10.3. The van der Waals surface area contributed by atoms with Crippen LogP contribution in [0, 0.1) is 0 Å². The van der Waals surface area contributed by atoms with Crippen LogP contribution in [0.4, 0.5) is 0 Å². The molecule has 0 atom stereocenters. The highest BCUT2D eigenvalue weighted by Gasteiger charge is 2.21. The van der Waals surface area contributed by atoms with Crippen molar-refractivity contribution in [2.45, 2.75) is 31.9 Å². The quantitative estimate of drug-likeness (QED) is 0.848. The molecule has 0 aromatic carbocycles. The van der Waals surface area contributed by atoms with Crippen LogP contribution >= 0.6 is 11.8 Å². The monoisotopic (exact) mass is 230 g/mol. The van der Waals surface area contributed by atoms with E-state index in [1.807, 2.05) is 20.8 Å². The van der Waals surface area contributed by atoms with Crippen molar-refractivity contribution in [2.24, 2.45) is 0 Å². The Balaban J connectivity index is 2.50. The van der Waals surface area contributed by atoms with Gasteiger partial charge in [-0.3, -0.25) is 4.79 Å². The first kappa shape index (κ1) is 12.0. The van der Waals surface area contributed by atoms with Crippen LogP contribution < -0.4 is 0 Å². The normalized spacial score (nSPS) is 11.7. The van der Waals surface area contributed by atoms with Gasteiger partial charge in [-0.05, 0) is 0 Å². The first-order valence-electron chi connectivity index (χ1n) is 4.52. The average Bonchev–Trinajstić information content (AvgIpc) is 2.51. The van der Waals surface area contributed by atoms with Crippen LogP contribution in [0.3, 0.4) is 0 Å². The number of carbonyl (C=O) groups is 1. The molecule has 0 fully saturated rings. The predicted molar refractivity (Wildman–Crippen MR) is 56.8 cm³/mol. The first-order valence-corrected chi connectivity index (χ1v) is 5.67. The van der Waals surface area contributed by atoms with Crippen LogP contribution in [0.2, 0.25) is 0 Å². The fourth-order valence-electron chi connectivity index (χ4n) is 0.847. The Morgan fingerprint density at radius 1 is 1.53 bits per heavy atom. The fraction of sp³-hybridized carbons (Fsp3) is 0.667. The number of thioether (sulfide) groups is 1. The maximum absolute atomic E-state index is 10.3. The average molecular weight is 230 g/mol. The molecule has 1 rings (SSSR count). The van der Waals surface area contributed by atoms with E-state index in [0.717, 1.165) is 0 Å². The third kappa shape index (κ3) is 3.91. The summed E-state index contributed by atoms with van der Waals surface area (Å²) in [7, 11) is 0. The Kier molecular flexibility index (Phi) is 3.73. The van der Waals surface area contributed by atoms with E-state index in [4.69, 9.17) is 9.63 Å². The van der Waals surface area contributed by atoms with Gasteiger partial charge in [0.25, 0.3) is 0 Å². The minimum atomic E-state index is -0.834. The summed E-state index contributed by atoms with van der Waals surface area (Å²) in [6.45, 7) is 5.94. The van der Waals surface area contributed by atoms with Gasteiger partial charge in [-0.1, -0.05) is 25.9 Å². The third-order valence-electron chi connectivity index (χ3n) is 1.57. The van der Waals surface area contributed by atoms with E-state index < -0.39 is 5.97 Å². The van der Waals surface area contributed by atoms with Gasteiger partial charge in [0.05, 0.1) is 11.5 Å². The molecule has 1 N–H and O–H groups in total. The summed E-state index contributed by atoms with van der Waals surface area (Å²) in [6, 6.07) is 0. The minimum Gasteiger partial charge on any atom is -0.481 e. The molecule has 0 spiro atoms. The zero-order chi connectivity index (χ0) is 11.5. The number of aromatic nitrogens is 2. The lowest BCUT2D eigenvalue weighted by Gasteiger charge is -2.10. The van der Waals surface area contributed by atoms with Gasteiger partial charge >= 0.3 is 5.97 Å². The Hall–Kier alpha value is -1.04. The topological polar surface area (TPSA) is 76.2 Å². The summed E-state index contributed by atoms with van der Waals surface area (Å²) >= 11 is 1.25. The molecule has 0 bridgehead atoms. The van der Waals surface area contributed by atoms with Crippen molar-refractivity contribution >= 4 is 17.7 Å². The molecule has 0 saturated carbocycles. The van der Waals surface area contributed by atoms with Gasteiger partial charge in [0.2, 0.25) is 5.89 Å². The van der Waals surface area contributed by atoms with E-state index in [0.29, 0.717) is 17.5 Å². The highest BCUT2D eigenvalue weighted by molar-refractivity contribution is 7.99. The van der Waals surface area contributed by atoms with Crippen molar-refractivity contribution in [2.75, 3.05) is 5.75 Å². The molecular weight excluding hydrogens is 216 g/mol. The lowest BCUT2D eigenvalue weighted by molar-refractivity contribution is -0.133.